The van der Waals surface area contributed by atoms with Crippen molar-refractivity contribution >= 4 is 5.97 Å². The largest absolute Gasteiger partial charge is 0.478 e. The van der Waals surface area contributed by atoms with E-state index < -0.39 is 11.9 Å². The summed E-state index contributed by atoms with van der Waals surface area (Å²) in [5.41, 5.74) is 9.07. The highest BCUT2D eigenvalue weighted by Crippen LogP contribution is 2.46. The Bertz CT molecular complexity index is 1320. The molecule has 154 valence electrons. The van der Waals surface area contributed by atoms with Crippen LogP contribution in [-0.4, -0.2) is 27.6 Å². The molecule has 0 aliphatic carbocycles. The molecule has 9 nitrogen and oxygen atoms in total. The Kier molecular flexibility index (Phi) is 4.08. The Labute approximate surface area is 176 Å². The smallest absolute Gasteiger partial charge is 0.335 e. The molecule has 2 aliphatic heterocycles. The van der Waals surface area contributed by atoms with E-state index in [1.165, 1.54) is 16.8 Å². The number of rotatable bonds is 3. The lowest BCUT2D eigenvalue weighted by molar-refractivity contribution is 0.0696. The van der Waals surface area contributed by atoms with Gasteiger partial charge in [0.1, 0.15) is 11.6 Å². The van der Waals surface area contributed by atoms with Crippen molar-refractivity contribution in [3.05, 3.63) is 76.3 Å². The molecule has 3 N–H and O–H groups in total. The van der Waals surface area contributed by atoms with E-state index in [9.17, 15) is 15.2 Å². The van der Waals surface area contributed by atoms with Gasteiger partial charge in [-0.15, -0.1) is 0 Å². The van der Waals surface area contributed by atoms with Gasteiger partial charge in [-0.05, 0) is 42.8 Å². The zero-order valence-corrected chi connectivity index (χ0v) is 16.3. The number of aromatic carboxylic acids is 1. The number of hydrogen-bond donors (Lipinski definition) is 2. The second kappa shape index (κ2) is 6.81. The van der Waals surface area contributed by atoms with E-state index in [4.69, 9.17) is 19.9 Å². The molecule has 1 aromatic heterocycles. The molecule has 1 atom stereocenters. The summed E-state index contributed by atoms with van der Waals surface area (Å²) in [6.45, 7) is 1.94. The van der Waals surface area contributed by atoms with E-state index in [0.29, 0.717) is 34.3 Å². The van der Waals surface area contributed by atoms with Crippen LogP contribution < -0.4 is 19.9 Å². The first-order valence-electron chi connectivity index (χ1n) is 9.38. The minimum atomic E-state index is -1.05. The molecular formula is C22H16N4O5. The number of nitrogens with zero attached hydrogens (tertiary/aromatic N) is 3. The summed E-state index contributed by atoms with van der Waals surface area (Å²) in [4.78, 5) is 11.4. The zero-order chi connectivity index (χ0) is 21.7. The normalized spacial score (nSPS) is 16.5. The molecule has 0 amide bonds. The molecule has 2 aliphatic rings. The van der Waals surface area contributed by atoms with Crippen molar-refractivity contribution in [2.45, 2.75) is 12.8 Å². The highest BCUT2D eigenvalue weighted by molar-refractivity contribution is 5.88. The fourth-order valence-electron chi connectivity index (χ4n) is 3.89. The topological polar surface area (TPSA) is 133 Å². The van der Waals surface area contributed by atoms with Crippen LogP contribution in [0, 0.1) is 18.3 Å². The standard InChI is InChI=1S/C22H16N4O5/c1-11-18-19(12-5-6-16-17(8-12)30-10-29-16)15(9-23)20(24)31-21(18)26(25-11)14-4-2-3-13(7-14)22(27)28/h2-8,19H,10,24H2,1H3,(H,27,28). The average molecular weight is 416 g/mol. The van der Waals surface area contributed by atoms with Crippen molar-refractivity contribution in [2.75, 3.05) is 6.79 Å². The van der Waals surface area contributed by atoms with Gasteiger partial charge in [-0.2, -0.15) is 10.4 Å². The van der Waals surface area contributed by atoms with Gasteiger partial charge in [-0.1, -0.05) is 12.1 Å². The van der Waals surface area contributed by atoms with Crippen molar-refractivity contribution in [3.63, 3.8) is 0 Å². The molecule has 0 radical (unpaired) electrons. The quantitative estimate of drug-likeness (QED) is 0.666. The second-order valence-electron chi connectivity index (χ2n) is 7.11. The average Bonchev–Trinajstić information content (AvgIpc) is 3.36. The minimum absolute atomic E-state index is 0.0341. The fraction of sp³-hybridized carbons (Fsp3) is 0.136. The minimum Gasteiger partial charge on any atom is -0.478 e. The van der Waals surface area contributed by atoms with E-state index >= 15 is 0 Å². The van der Waals surface area contributed by atoms with Gasteiger partial charge in [0.15, 0.2) is 11.5 Å². The molecule has 9 heteroatoms. The number of nitrogens with two attached hydrogens (primary N) is 1. The van der Waals surface area contributed by atoms with E-state index in [-0.39, 0.29) is 23.8 Å². The maximum Gasteiger partial charge on any atom is 0.335 e. The summed E-state index contributed by atoms with van der Waals surface area (Å²) in [5, 5.41) is 23.7. The van der Waals surface area contributed by atoms with Gasteiger partial charge in [0.05, 0.1) is 28.4 Å². The number of fused-ring (bicyclic) bond motifs is 2. The van der Waals surface area contributed by atoms with Crippen LogP contribution in [0.1, 0.15) is 33.1 Å². The van der Waals surface area contributed by atoms with Gasteiger partial charge >= 0.3 is 5.97 Å². The van der Waals surface area contributed by atoms with Crippen molar-refractivity contribution < 1.29 is 24.1 Å². The molecule has 0 saturated heterocycles. The number of allylic oxidation sites excluding steroid dienone is 1. The third-order valence-corrected chi connectivity index (χ3v) is 5.30. The predicted octanol–water partition coefficient (Wildman–Crippen LogP) is 2.83. The molecule has 3 aromatic rings. The highest BCUT2D eigenvalue weighted by Gasteiger charge is 2.36. The van der Waals surface area contributed by atoms with E-state index in [1.807, 2.05) is 12.1 Å². The number of aromatic nitrogens is 2. The molecule has 0 saturated carbocycles. The fourth-order valence-corrected chi connectivity index (χ4v) is 3.89. The molecule has 0 fully saturated rings. The van der Waals surface area contributed by atoms with Crippen LogP contribution in [-0.2, 0) is 0 Å². The molecule has 0 spiro atoms. The zero-order valence-electron chi connectivity index (χ0n) is 16.3. The number of nitriles is 1. The first kappa shape index (κ1) is 18.6. The first-order valence-corrected chi connectivity index (χ1v) is 9.38. The predicted molar refractivity (Wildman–Crippen MR) is 107 cm³/mol. The van der Waals surface area contributed by atoms with Gasteiger partial charge in [0, 0.05) is 0 Å². The van der Waals surface area contributed by atoms with E-state index in [1.54, 1.807) is 25.1 Å². The Morgan fingerprint density at radius 1 is 1.26 bits per heavy atom. The van der Waals surface area contributed by atoms with Gasteiger partial charge in [0.2, 0.25) is 18.6 Å². The summed E-state index contributed by atoms with van der Waals surface area (Å²) in [5.74, 6) is -0.0676. The van der Waals surface area contributed by atoms with Crippen LogP contribution in [0.3, 0.4) is 0 Å². The van der Waals surface area contributed by atoms with E-state index in [2.05, 4.69) is 11.2 Å². The summed E-state index contributed by atoms with van der Waals surface area (Å²) in [6, 6.07) is 13.9. The lowest BCUT2D eigenvalue weighted by Crippen LogP contribution is -2.22. The van der Waals surface area contributed by atoms with Gasteiger partial charge in [-0.25, -0.2) is 9.48 Å². The van der Waals surface area contributed by atoms with Crippen LogP contribution in [0.5, 0.6) is 17.4 Å². The Morgan fingerprint density at radius 2 is 2.06 bits per heavy atom. The number of hydrogen-bond acceptors (Lipinski definition) is 7. The molecule has 5 rings (SSSR count). The van der Waals surface area contributed by atoms with Crippen molar-refractivity contribution in [2.24, 2.45) is 5.73 Å². The molecule has 1 unspecified atom stereocenters. The maximum atomic E-state index is 11.4. The molecule has 31 heavy (non-hydrogen) atoms. The molecular weight excluding hydrogens is 400 g/mol. The molecule has 0 bridgehead atoms. The summed E-state index contributed by atoms with van der Waals surface area (Å²) < 4.78 is 18.2. The summed E-state index contributed by atoms with van der Waals surface area (Å²) in [6.07, 6.45) is 0. The van der Waals surface area contributed by atoms with Gasteiger partial charge < -0.3 is 25.1 Å². The van der Waals surface area contributed by atoms with Gasteiger partial charge in [-0.3, -0.25) is 0 Å². The SMILES string of the molecule is Cc1nn(-c2cccc(C(=O)O)c2)c2c1C(c1ccc3c(c1)OCO3)C(C#N)=C(N)O2. The first-order chi connectivity index (χ1) is 15.0. The number of aryl methyl sites for hydroxylation is 1. The number of ether oxygens (including phenoxy) is 3. The van der Waals surface area contributed by atoms with Gasteiger partial charge in [0.25, 0.3) is 0 Å². The van der Waals surface area contributed by atoms with E-state index in [0.717, 1.165) is 5.56 Å². The summed E-state index contributed by atoms with van der Waals surface area (Å²) >= 11 is 0. The number of carbonyl (C=O) groups is 1. The van der Waals surface area contributed by atoms with Crippen LogP contribution in [0.15, 0.2) is 53.9 Å². The lowest BCUT2D eigenvalue weighted by atomic mass is 9.84. The van der Waals surface area contributed by atoms with Crippen LogP contribution in [0.4, 0.5) is 0 Å². The number of benzene rings is 2. The number of carboxylic acids is 1. The second-order valence-corrected chi connectivity index (χ2v) is 7.11. The summed E-state index contributed by atoms with van der Waals surface area (Å²) in [7, 11) is 0. The number of carboxylic acid groups (broad SMARTS) is 1. The van der Waals surface area contributed by atoms with Crippen molar-refractivity contribution in [3.8, 4) is 29.1 Å². The van der Waals surface area contributed by atoms with Crippen LogP contribution >= 0.6 is 0 Å². The maximum absolute atomic E-state index is 11.4. The van der Waals surface area contributed by atoms with Crippen LogP contribution in [0.2, 0.25) is 0 Å². The Balaban J connectivity index is 1.70. The molecule has 2 aromatic carbocycles. The third-order valence-electron chi connectivity index (χ3n) is 5.30. The third kappa shape index (κ3) is 2.85. The Hall–Kier alpha value is -4.45. The Morgan fingerprint density at radius 3 is 2.84 bits per heavy atom. The van der Waals surface area contributed by atoms with Crippen molar-refractivity contribution in [1.82, 2.24) is 9.78 Å². The lowest BCUT2D eigenvalue weighted by Gasteiger charge is -2.25. The highest BCUT2D eigenvalue weighted by atomic mass is 16.7. The van der Waals surface area contributed by atoms with Crippen LogP contribution in [0.25, 0.3) is 5.69 Å². The monoisotopic (exact) mass is 416 g/mol. The van der Waals surface area contributed by atoms with Crippen molar-refractivity contribution in [1.29, 1.82) is 5.26 Å². The molecule has 3 heterocycles.